The quantitative estimate of drug-likeness (QED) is 0.686. The van der Waals surface area contributed by atoms with Gasteiger partial charge in [-0.15, -0.1) is 0 Å². The van der Waals surface area contributed by atoms with Crippen LogP contribution in [0.15, 0.2) is 42.5 Å². The molecule has 1 aliphatic heterocycles. The third-order valence-electron chi connectivity index (χ3n) is 5.95. The van der Waals surface area contributed by atoms with Crippen molar-refractivity contribution in [2.45, 2.75) is 32.5 Å². The van der Waals surface area contributed by atoms with Crippen LogP contribution in [0.3, 0.4) is 0 Å². The first-order chi connectivity index (χ1) is 15.5. The number of hydrogen-bond acceptors (Lipinski definition) is 6. The van der Waals surface area contributed by atoms with Crippen LogP contribution in [-0.2, 0) is 17.9 Å². The Hall–Kier alpha value is -3.08. The van der Waals surface area contributed by atoms with Crippen LogP contribution in [0.1, 0.15) is 30.0 Å². The largest absolute Gasteiger partial charge is 0.493 e. The highest BCUT2D eigenvalue weighted by Gasteiger charge is 2.24. The van der Waals surface area contributed by atoms with Crippen molar-refractivity contribution in [1.29, 1.82) is 5.26 Å². The second kappa shape index (κ2) is 11.5. The molecule has 0 aliphatic carbocycles. The van der Waals surface area contributed by atoms with Crippen molar-refractivity contribution in [3.8, 4) is 17.6 Å². The van der Waals surface area contributed by atoms with E-state index in [-0.39, 0.29) is 11.9 Å². The van der Waals surface area contributed by atoms with E-state index in [2.05, 4.69) is 21.2 Å². The maximum absolute atomic E-state index is 12.8. The van der Waals surface area contributed by atoms with E-state index in [1.807, 2.05) is 49.4 Å². The van der Waals surface area contributed by atoms with Crippen LogP contribution >= 0.6 is 0 Å². The van der Waals surface area contributed by atoms with Crippen LogP contribution in [0.2, 0.25) is 0 Å². The van der Waals surface area contributed by atoms with Gasteiger partial charge in [0.05, 0.1) is 31.9 Å². The second-order valence-corrected chi connectivity index (χ2v) is 8.06. The Kier molecular flexibility index (Phi) is 8.48. The SMILES string of the molecule is COc1ccc(CNC(=O)[C@@H](C)N2CCCN(Cc3ccc(C#N)cc3)CC2)cc1OC. The van der Waals surface area contributed by atoms with E-state index in [0.29, 0.717) is 23.6 Å². The van der Waals surface area contributed by atoms with Crippen LogP contribution in [0, 0.1) is 11.3 Å². The number of hydrogen-bond donors (Lipinski definition) is 1. The predicted octanol–water partition coefficient (Wildman–Crippen LogP) is 2.79. The summed E-state index contributed by atoms with van der Waals surface area (Å²) >= 11 is 0. The molecule has 1 N–H and O–H groups in total. The molecule has 7 heteroatoms. The van der Waals surface area contributed by atoms with Crippen LogP contribution in [-0.4, -0.2) is 62.1 Å². The Morgan fingerprint density at radius 3 is 2.44 bits per heavy atom. The number of methoxy groups -OCH3 is 2. The standard InChI is InChI=1S/C25H32N4O3/c1-19(25(30)27-17-22-9-10-23(31-2)24(15-22)32-3)29-12-4-11-28(13-14-29)18-21-7-5-20(16-26)6-8-21/h5-10,15,19H,4,11-14,17-18H2,1-3H3,(H,27,30)/t19-/m1/s1. The van der Waals surface area contributed by atoms with E-state index in [9.17, 15) is 4.79 Å². The van der Waals surface area contributed by atoms with Gasteiger partial charge in [-0.25, -0.2) is 0 Å². The van der Waals surface area contributed by atoms with Gasteiger partial charge in [0.15, 0.2) is 11.5 Å². The zero-order valence-corrected chi connectivity index (χ0v) is 19.1. The fourth-order valence-corrected chi connectivity index (χ4v) is 3.97. The van der Waals surface area contributed by atoms with Gasteiger partial charge in [0.25, 0.3) is 0 Å². The molecule has 32 heavy (non-hydrogen) atoms. The summed E-state index contributed by atoms with van der Waals surface area (Å²) < 4.78 is 10.6. The molecule has 1 saturated heterocycles. The number of carbonyl (C=O) groups is 1. The van der Waals surface area contributed by atoms with Crippen molar-refractivity contribution >= 4 is 5.91 Å². The molecule has 1 heterocycles. The molecule has 0 unspecified atom stereocenters. The average Bonchev–Trinajstić information content (AvgIpc) is 3.07. The molecule has 2 aromatic rings. The van der Waals surface area contributed by atoms with Gasteiger partial charge in [-0.2, -0.15) is 5.26 Å². The summed E-state index contributed by atoms with van der Waals surface area (Å²) in [6, 6.07) is 15.4. The van der Waals surface area contributed by atoms with Gasteiger partial charge in [0.2, 0.25) is 5.91 Å². The lowest BCUT2D eigenvalue weighted by atomic mass is 10.1. The van der Waals surface area contributed by atoms with Gasteiger partial charge in [-0.1, -0.05) is 18.2 Å². The van der Waals surface area contributed by atoms with Crippen molar-refractivity contribution in [2.75, 3.05) is 40.4 Å². The van der Waals surface area contributed by atoms with Gasteiger partial charge in [0.1, 0.15) is 0 Å². The lowest BCUT2D eigenvalue weighted by molar-refractivity contribution is -0.126. The van der Waals surface area contributed by atoms with E-state index < -0.39 is 0 Å². The van der Waals surface area contributed by atoms with Gasteiger partial charge >= 0.3 is 0 Å². The number of benzene rings is 2. The van der Waals surface area contributed by atoms with Crippen LogP contribution in [0.5, 0.6) is 11.5 Å². The van der Waals surface area contributed by atoms with Crippen LogP contribution < -0.4 is 14.8 Å². The zero-order valence-electron chi connectivity index (χ0n) is 19.1. The summed E-state index contributed by atoms with van der Waals surface area (Å²) in [4.78, 5) is 17.5. The molecular weight excluding hydrogens is 404 g/mol. The van der Waals surface area contributed by atoms with Gasteiger partial charge in [-0.05, 0) is 55.3 Å². The first-order valence-electron chi connectivity index (χ1n) is 11.0. The zero-order chi connectivity index (χ0) is 22.9. The van der Waals surface area contributed by atoms with E-state index in [4.69, 9.17) is 14.7 Å². The molecule has 0 aromatic heterocycles. The number of nitrogens with one attached hydrogen (secondary N) is 1. The number of amides is 1. The molecule has 0 bridgehead atoms. The van der Waals surface area contributed by atoms with Crippen LogP contribution in [0.4, 0.5) is 0 Å². The number of rotatable bonds is 8. The number of ether oxygens (including phenoxy) is 2. The molecule has 1 fully saturated rings. The molecule has 1 atom stereocenters. The Bertz CT molecular complexity index is 939. The molecule has 3 rings (SSSR count). The summed E-state index contributed by atoms with van der Waals surface area (Å²) in [7, 11) is 3.21. The highest BCUT2D eigenvalue weighted by atomic mass is 16.5. The van der Waals surface area contributed by atoms with E-state index in [1.165, 1.54) is 5.56 Å². The number of nitriles is 1. The minimum atomic E-state index is -0.190. The van der Waals surface area contributed by atoms with Gasteiger partial charge in [-0.3, -0.25) is 14.6 Å². The third kappa shape index (κ3) is 6.22. The summed E-state index contributed by atoms with van der Waals surface area (Å²) in [5, 5.41) is 12.0. The molecule has 1 amide bonds. The molecule has 1 aliphatic rings. The summed E-state index contributed by atoms with van der Waals surface area (Å²) in [5.74, 6) is 1.36. The fraction of sp³-hybridized carbons (Fsp3) is 0.440. The monoisotopic (exact) mass is 436 g/mol. The first kappa shape index (κ1) is 23.6. The maximum Gasteiger partial charge on any atom is 0.237 e. The molecule has 0 radical (unpaired) electrons. The fourth-order valence-electron chi connectivity index (χ4n) is 3.97. The van der Waals surface area contributed by atoms with Crippen molar-refractivity contribution < 1.29 is 14.3 Å². The van der Waals surface area contributed by atoms with Crippen LogP contribution in [0.25, 0.3) is 0 Å². The van der Waals surface area contributed by atoms with Gasteiger partial charge < -0.3 is 14.8 Å². The summed E-state index contributed by atoms with van der Waals surface area (Å²) in [6.45, 7) is 6.93. The number of nitrogens with zero attached hydrogens (tertiary/aromatic N) is 3. The second-order valence-electron chi connectivity index (χ2n) is 8.06. The number of carbonyl (C=O) groups excluding carboxylic acids is 1. The van der Waals surface area contributed by atoms with E-state index in [0.717, 1.165) is 44.7 Å². The minimum absolute atomic E-state index is 0.0281. The molecule has 0 saturated carbocycles. The highest BCUT2D eigenvalue weighted by molar-refractivity contribution is 5.81. The molecule has 2 aromatic carbocycles. The van der Waals surface area contributed by atoms with Crippen molar-refractivity contribution in [3.63, 3.8) is 0 Å². The minimum Gasteiger partial charge on any atom is -0.493 e. The summed E-state index contributed by atoms with van der Waals surface area (Å²) in [5.41, 5.74) is 2.86. The smallest absolute Gasteiger partial charge is 0.237 e. The van der Waals surface area contributed by atoms with E-state index in [1.54, 1.807) is 14.2 Å². The lowest BCUT2D eigenvalue weighted by Crippen LogP contribution is -2.46. The molecular formula is C25H32N4O3. The Morgan fingerprint density at radius 2 is 1.75 bits per heavy atom. The molecule has 170 valence electrons. The highest BCUT2D eigenvalue weighted by Crippen LogP contribution is 2.27. The Labute approximate surface area is 190 Å². The van der Waals surface area contributed by atoms with Gasteiger partial charge in [0, 0.05) is 32.7 Å². The summed E-state index contributed by atoms with van der Waals surface area (Å²) in [6.07, 6.45) is 1.02. The van der Waals surface area contributed by atoms with Crippen molar-refractivity contribution in [3.05, 3.63) is 59.2 Å². The normalized spacial score (nSPS) is 15.9. The average molecular weight is 437 g/mol. The maximum atomic E-state index is 12.8. The van der Waals surface area contributed by atoms with E-state index >= 15 is 0 Å². The van der Waals surface area contributed by atoms with Crippen molar-refractivity contribution in [1.82, 2.24) is 15.1 Å². The molecule has 7 nitrogen and oxygen atoms in total. The third-order valence-corrected chi connectivity index (χ3v) is 5.95. The lowest BCUT2D eigenvalue weighted by Gasteiger charge is -2.27. The first-order valence-corrected chi connectivity index (χ1v) is 11.0. The molecule has 0 spiro atoms. The Balaban J connectivity index is 1.49. The predicted molar refractivity (Wildman–Crippen MR) is 123 cm³/mol. The topological polar surface area (TPSA) is 77.8 Å². The van der Waals surface area contributed by atoms with Crippen molar-refractivity contribution in [2.24, 2.45) is 0 Å². The Morgan fingerprint density at radius 1 is 1.03 bits per heavy atom.